The van der Waals surface area contributed by atoms with E-state index in [2.05, 4.69) is 53.7 Å². The molecule has 0 spiro atoms. The fourth-order valence-electron chi connectivity index (χ4n) is 1.61. The van der Waals surface area contributed by atoms with Gasteiger partial charge in [0.05, 0.1) is 23.9 Å². The highest BCUT2D eigenvalue weighted by atomic mass is 32.1. The third-order valence-corrected chi connectivity index (χ3v) is 4.00. The molecule has 5 nitrogen and oxygen atoms in total. The first-order chi connectivity index (χ1) is 9.97. The summed E-state index contributed by atoms with van der Waals surface area (Å²) in [7, 11) is 0. The Balaban J connectivity index is 2.54. The molecule has 0 unspecified atom stereocenters. The molecule has 0 fully saturated rings. The van der Waals surface area contributed by atoms with Crippen LogP contribution in [-0.4, -0.2) is 37.2 Å². The lowest BCUT2D eigenvalue weighted by Gasteiger charge is -2.13. The Morgan fingerprint density at radius 3 is 2.67 bits per heavy atom. The first kappa shape index (κ1) is 17.9. The summed E-state index contributed by atoms with van der Waals surface area (Å²) in [5, 5.41) is 9.72. The minimum Gasteiger partial charge on any atom is -0.380 e. The Kier molecular flexibility index (Phi) is 7.67. The van der Waals surface area contributed by atoms with Gasteiger partial charge in [0.2, 0.25) is 0 Å². The summed E-state index contributed by atoms with van der Waals surface area (Å²) in [5.74, 6) is 0.808. The average Bonchev–Trinajstić information content (AvgIpc) is 2.89. The summed E-state index contributed by atoms with van der Waals surface area (Å²) in [4.78, 5) is 9.21. The standard InChI is InChI=1S/C15H28N4OS/c1-6-16-14(17-8-9-20-7-2)18-10-12-11-21-13(19-12)15(3,4)5/h11H,6-10H2,1-5H3,(H2,16,17,18). The zero-order valence-electron chi connectivity index (χ0n) is 13.8. The minimum absolute atomic E-state index is 0.104. The summed E-state index contributed by atoms with van der Waals surface area (Å²) in [5.41, 5.74) is 1.12. The van der Waals surface area contributed by atoms with E-state index in [0.717, 1.165) is 36.4 Å². The van der Waals surface area contributed by atoms with Crippen molar-refractivity contribution >= 4 is 17.3 Å². The Morgan fingerprint density at radius 2 is 2.10 bits per heavy atom. The van der Waals surface area contributed by atoms with Gasteiger partial charge in [0.1, 0.15) is 0 Å². The van der Waals surface area contributed by atoms with Gasteiger partial charge in [-0.25, -0.2) is 9.98 Å². The number of thiazole rings is 1. The smallest absolute Gasteiger partial charge is 0.191 e. The molecule has 0 bridgehead atoms. The highest BCUT2D eigenvalue weighted by Crippen LogP contribution is 2.25. The number of aromatic nitrogens is 1. The molecule has 0 aliphatic carbocycles. The summed E-state index contributed by atoms with van der Waals surface area (Å²) < 4.78 is 5.31. The zero-order valence-corrected chi connectivity index (χ0v) is 14.6. The second kappa shape index (κ2) is 9.00. The van der Waals surface area contributed by atoms with Crippen molar-refractivity contribution in [3.05, 3.63) is 16.1 Å². The van der Waals surface area contributed by atoms with Crippen molar-refractivity contribution in [1.82, 2.24) is 15.6 Å². The maximum atomic E-state index is 5.31. The van der Waals surface area contributed by atoms with Gasteiger partial charge in [-0.15, -0.1) is 11.3 Å². The van der Waals surface area contributed by atoms with Crippen LogP contribution in [0.1, 0.15) is 45.3 Å². The lowest BCUT2D eigenvalue weighted by molar-refractivity contribution is 0.152. The molecule has 0 aliphatic heterocycles. The van der Waals surface area contributed by atoms with E-state index in [9.17, 15) is 0 Å². The van der Waals surface area contributed by atoms with Gasteiger partial charge in [-0.2, -0.15) is 0 Å². The fraction of sp³-hybridized carbons (Fsp3) is 0.733. The van der Waals surface area contributed by atoms with Crippen LogP contribution in [0.4, 0.5) is 0 Å². The van der Waals surface area contributed by atoms with Crippen molar-refractivity contribution in [2.24, 2.45) is 4.99 Å². The van der Waals surface area contributed by atoms with E-state index in [0.29, 0.717) is 13.2 Å². The van der Waals surface area contributed by atoms with Crippen molar-refractivity contribution in [1.29, 1.82) is 0 Å². The van der Waals surface area contributed by atoms with Crippen molar-refractivity contribution in [2.75, 3.05) is 26.3 Å². The van der Waals surface area contributed by atoms with Crippen LogP contribution in [-0.2, 0) is 16.7 Å². The van der Waals surface area contributed by atoms with Crippen LogP contribution in [0.3, 0.4) is 0 Å². The molecule has 0 radical (unpaired) electrons. The van der Waals surface area contributed by atoms with E-state index in [4.69, 9.17) is 4.74 Å². The second-order valence-electron chi connectivity index (χ2n) is 5.71. The molecule has 0 saturated carbocycles. The van der Waals surface area contributed by atoms with Crippen LogP contribution in [0, 0.1) is 0 Å². The van der Waals surface area contributed by atoms with Crippen molar-refractivity contribution in [2.45, 2.75) is 46.6 Å². The van der Waals surface area contributed by atoms with Gasteiger partial charge in [-0.3, -0.25) is 0 Å². The van der Waals surface area contributed by atoms with Crippen LogP contribution < -0.4 is 10.6 Å². The number of hydrogen-bond acceptors (Lipinski definition) is 4. The summed E-state index contributed by atoms with van der Waals surface area (Å²) in [6.07, 6.45) is 0. The Morgan fingerprint density at radius 1 is 1.33 bits per heavy atom. The van der Waals surface area contributed by atoms with Crippen LogP contribution in [0.25, 0.3) is 0 Å². The van der Waals surface area contributed by atoms with Gasteiger partial charge < -0.3 is 15.4 Å². The molecular weight excluding hydrogens is 284 g/mol. The molecular formula is C15H28N4OS. The van der Waals surface area contributed by atoms with E-state index >= 15 is 0 Å². The number of guanidine groups is 1. The molecule has 1 aromatic rings. The molecule has 6 heteroatoms. The van der Waals surface area contributed by atoms with Gasteiger partial charge >= 0.3 is 0 Å². The van der Waals surface area contributed by atoms with Crippen LogP contribution in [0.15, 0.2) is 10.4 Å². The number of rotatable bonds is 7. The van der Waals surface area contributed by atoms with Crippen molar-refractivity contribution in [3.63, 3.8) is 0 Å². The lowest BCUT2D eigenvalue weighted by atomic mass is 9.98. The van der Waals surface area contributed by atoms with Crippen molar-refractivity contribution in [3.8, 4) is 0 Å². The van der Waals surface area contributed by atoms with Crippen LogP contribution in [0.2, 0.25) is 0 Å². The molecule has 0 amide bonds. The molecule has 0 aliphatic rings. The van der Waals surface area contributed by atoms with Crippen LogP contribution in [0.5, 0.6) is 0 Å². The minimum atomic E-state index is 0.104. The third-order valence-electron chi connectivity index (χ3n) is 2.68. The van der Waals surface area contributed by atoms with E-state index in [-0.39, 0.29) is 5.41 Å². The summed E-state index contributed by atoms with van der Waals surface area (Å²) in [6, 6.07) is 0. The van der Waals surface area contributed by atoms with E-state index in [1.54, 1.807) is 11.3 Å². The molecule has 2 N–H and O–H groups in total. The fourth-order valence-corrected chi connectivity index (χ4v) is 2.51. The molecule has 120 valence electrons. The number of ether oxygens (including phenoxy) is 1. The van der Waals surface area contributed by atoms with Gasteiger partial charge in [0.25, 0.3) is 0 Å². The van der Waals surface area contributed by atoms with Gasteiger partial charge in [-0.1, -0.05) is 20.8 Å². The molecule has 1 heterocycles. The van der Waals surface area contributed by atoms with E-state index < -0.39 is 0 Å². The average molecular weight is 312 g/mol. The summed E-state index contributed by atoms with van der Waals surface area (Å²) >= 11 is 1.70. The first-order valence-electron chi connectivity index (χ1n) is 7.52. The molecule has 21 heavy (non-hydrogen) atoms. The topological polar surface area (TPSA) is 58.5 Å². The monoisotopic (exact) mass is 312 g/mol. The van der Waals surface area contributed by atoms with Gasteiger partial charge in [0.15, 0.2) is 5.96 Å². The number of nitrogens with one attached hydrogen (secondary N) is 2. The van der Waals surface area contributed by atoms with Crippen molar-refractivity contribution < 1.29 is 4.74 Å². The Bertz CT molecular complexity index is 437. The molecule has 0 atom stereocenters. The van der Waals surface area contributed by atoms with Gasteiger partial charge in [0, 0.05) is 30.5 Å². The molecule has 1 rings (SSSR count). The number of nitrogens with zero attached hydrogens (tertiary/aromatic N) is 2. The highest BCUT2D eigenvalue weighted by molar-refractivity contribution is 7.09. The van der Waals surface area contributed by atoms with E-state index in [1.807, 2.05) is 6.92 Å². The third kappa shape index (κ3) is 6.91. The first-order valence-corrected chi connectivity index (χ1v) is 8.40. The maximum absolute atomic E-state index is 5.31. The quantitative estimate of drug-likeness (QED) is 0.461. The normalized spacial score (nSPS) is 12.5. The van der Waals surface area contributed by atoms with E-state index in [1.165, 1.54) is 0 Å². The van der Waals surface area contributed by atoms with Crippen LogP contribution >= 0.6 is 11.3 Å². The summed E-state index contributed by atoms with van der Waals surface area (Å²) in [6.45, 7) is 14.2. The predicted octanol–water partition coefficient (Wildman–Crippen LogP) is 2.53. The molecule has 0 saturated heterocycles. The number of hydrogen-bond donors (Lipinski definition) is 2. The SMILES string of the molecule is CCNC(=NCc1csc(C(C)(C)C)n1)NCCOCC. The zero-order chi connectivity index (χ0) is 15.7. The largest absolute Gasteiger partial charge is 0.380 e. The van der Waals surface area contributed by atoms with Gasteiger partial charge in [-0.05, 0) is 13.8 Å². The molecule has 1 aromatic heterocycles. The lowest BCUT2D eigenvalue weighted by Crippen LogP contribution is -2.39. The Hall–Kier alpha value is -1.14. The Labute approximate surface area is 132 Å². The number of aliphatic imine (C=N–C) groups is 1. The highest BCUT2D eigenvalue weighted by Gasteiger charge is 2.17. The molecule has 0 aromatic carbocycles. The second-order valence-corrected chi connectivity index (χ2v) is 6.57. The predicted molar refractivity (Wildman–Crippen MR) is 90.1 cm³/mol. The maximum Gasteiger partial charge on any atom is 0.191 e.